The van der Waals surface area contributed by atoms with Gasteiger partial charge in [-0.2, -0.15) is 0 Å². The molecule has 27 heavy (non-hydrogen) atoms. The van der Waals surface area contributed by atoms with Crippen molar-refractivity contribution in [3.05, 3.63) is 12.2 Å². The second kappa shape index (κ2) is 16.5. The number of hydrogen-bond acceptors (Lipinski definition) is 5. The average molecular weight is 387 g/mol. The fraction of sp³-hybridized carbons (Fsp3) is 0.909. The first-order valence-electron chi connectivity index (χ1n) is 11.1. The van der Waals surface area contributed by atoms with Gasteiger partial charge in [0.15, 0.2) is 0 Å². The van der Waals surface area contributed by atoms with Crippen LogP contribution in [0.5, 0.6) is 0 Å². The molecule has 1 fully saturated rings. The predicted molar refractivity (Wildman–Crippen MR) is 109 cm³/mol. The number of hydrogen-bond donors (Lipinski definition) is 3. The minimum Gasteiger partial charge on any atom is -0.394 e. The van der Waals surface area contributed by atoms with Gasteiger partial charge in [-0.1, -0.05) is 64.0 Å². The first-order chi connectivity index (χ1) is 13.2. The van der Waals surface area contributed by atoms with Crippen LogP contribution in [0.25, 0.3) is 0 Å². The molecule has 0 saturated carbocycles. The van der Waals surface area contributed by atoms with Crippen molar-refractivity contribution in [3.8, 4) is 0 Å². The van der Waals surface area contributed by atoms with Gasteiger partial charge in [0.25, 0.3) is 0 Å². The van der Waals surface area contributed by atoms with Gasteiger partial charge >= 0.3 is 0 Å². The lowest BCUT2D eigenvalue weighted by atomic mass is 10.1. The van der Waals surface area contributed by atoms with E-state index >= 15 is 0 Å². The van der Waals surface area contributed by atoms with Crippen LogP contribution in [0, 0.1) is 0 Å². The van der Waals surface area contributed by atoms with Crippen molar-refractivity contribution >= 4 is 0 Å². The molecule has 3 N–H and O–H groups in total. The van der Waals surface area contributed by atoms with Crippen LogP contribution < -0.4 is 0 Å². The van der Waals surface area contributed by atoms with Crippen LogP contribution >= 0.6 is 0 Å². The summed E-state index contributed by atoms with van der Waals surface area (Å²) in [5.41, 5.74) is 0. The molecule has 0 aromatic rings. The molecule has 160 valence electrons. The molecule has 1 aliphatic heterocycles. The largest absolute Gasteiger partial charge is 0.394 e. The molecule has 0 radical (unpaired) electrons. The molecular formula is C22H42O5. The molecule has 5 heteroatoms. The summed E-state index contributed by atoms with van der Waals surface area (Å²) in [4.78, 5) is 0. The van der Waals surface area contributed by atoms with Gasteiger partial charge in [0.05, 0.1) is 13.2 Å². The number of ether oxygens (including phenoxy) is 2. The quantitative estimate of drug-likeness (QED) is 0.262. The van der Waals surface area contributed by atoms with Gasteiger partial charge in [0.2, 0.25) is 0 Å². The van der Waals surface area contributed by atoms with Gasteiger partial charge in [-0.25, -0.2) is 0 Å². The summed E-state index contributed by atoms with van der Waals surface area (Å²) < 4.78 is 11.0. The van der Waals surface area contributed by atoms with Crippen LogP contribution in [0.3, 0.4) is 0 Å². The molecule has 0 aromatic heterocycles. The van der Waals surface area contributed by atoms with E-state index in [2.05, 4.69) is 19.1 Å². The molecule has 1 rings (SSSR count). The van der Waals surface area contributed by atoms with Crippen molar-refractivity contribution < 1.29 is 24.8 Å². The van der Waals surface area contributed by atoms with E-state index < -0.39 is 24.4 Å². The zero-order chi connectivity index (χ0) is 19.7. The van der Waals surface area contributed by atoms with Crippen molar-refractivity contribution in [2.75, 3.05) is 19.8 Å². The molecule has 0 unspecified atom stereocenters. The Bertz CT molecular complexity index is 361. The third-order valence-corrected chi connectivity index (χ3v) is 5.20. The molecule has 1 aliphatic rings. The molecule has 1 saturated heterocycles. The van der Waals surface area contributed by atoms with Crippen molar-refractivity contribution in [1.82, 2.24) is 0 Å². The van der Waals surface area contributed by atoms with E-state index in [1.165, 1.54) is 57.8 Å². The van der Waals surface area contributed by atoms with Crippen LogP contribution in [0.15, 0.2) is 12.2 Å². The maximum Gasteiger partial charge on any atom is 0.114 e. The molecule has 5 nitrogen and oxygen atoms in total. The maximum atomic E-state index is 9.87. The predicted octanol–water partition coefficient (Wildman–Crippen LogP) is 3.74. The molecule has 4 atom stereocenters. The molecule has 0 aromatic carbocycles. The van der Waals surface area contributed by atoms with Gasteiger partial charge in [0.1, 0.15) is 24.4 Å². The first-order valence-corrected chi connectivity index (χ1v) is 11.1. The number of aliphatic hydroxyl groups excluding tert-OH is 3. The third kappa shape index (κ3) is 11.2. The van der Waals surface area contributed by atoms with Crippen LogP contribution in [0.2, 0.25) is 0 Å². The number of allylic oxidation sites excluding steroid dienone is 2. The highest BCUT2D eigenvalue weighted by atomic mass is 16.6. The third-order valence-electron chi connectivity index (χ3n) is 5.20. The smallest absolute Gasteiger partial charge is 0.114 e. The normalized spacial score (nSPS) is 24.1. The number of rotatable bonds is 17. The Balaban J connectivity index is 1.93. The Morgan fingerprint density at radius 1 is 0.963 bits per heavy atom. The van der Waals surface area contributed by atoms with E-state index in [1.807, 2.05) is 0 Å². The number of unbranched alkanes of at least 4 members (excludes halogenated alkanes) is 10. The second-order valence-electron chi connectivity index (χ2n) is 7.68. The van der Waals surface area contributed by atoms with Crippen molar-refractivity contribution in [1.29, 1.82) is 0 Å². The van der Waals surface area contributed by atoms with E-state index in [4.69, 9.17) is 14.6 Å². The summed E-state index contributed by atoms with van der Waals surface area (Å²) in [5, 5.41) is 28.6. The Hall–Kier alpha value is -0.460. The Kier molecular flexibility index (Phi) is 15.0. The second-order valence-corrected chi connectivity index (χ2v) is 7.68. The van der Waals surface area contributed by atoms with Crippen molar-refractivity contribution in [3.63, 3.8) is 0 Å². The van der Waals surface area contributed by atoms with Crippen molar-refractivity contribution in [2.24, 2.45) is 0 Å². The molecule has 0 spiro atoms. The molecule has 1 heterocycles. The fourth-order valence-electron chi connectivity index (χ4n) is 3.47. The molecule has 0 bridgehead atoms. The zero-order valence-electron chi connectivity index (χ0n) is 17.2. The van der Waals surface area contributed by atoms with Crippen LogP contribution in [0.1, 0.15) is 84.0 Å². The highest BCUT2D eigenvalue weighted by Gasteiger charge is 2.40. The van der Waals surface area contributed by atoms with Crippen molar-refractivity contribution in [2.45, 2.75) is 108 Å². The van der Waals surface area contributed by atoms with E-state index in [0.29, 0.717) is 6.61 Å². The van der Waals surface area contributed by atoms with Gasteiger partial charge in [-0.15, -0.1) is 0 Å². The molecular weight excluding hydrogens is 344 g/mol. The highest BCUT2D eigenvalue weighted by molar-refractivity contribution is 4.89. The maximum absolute atomic E-state index is 9.87. The summed E-state index contributed by atoms with van der Waals surface area (Å²) in [6.07, 6.45) is 16.7. The van der Waals surface area contributed by atoms with Crippen LogP contribution in [-0.4, -0.2) is 59.6 Å². The van der Waals surface area contributed by atoms with E-state index in [-0.39, 0.29) is 13.2 Å². The molecule has 0 aliphatic carbocycles. The van der Waals surface area contributed by atoms with Gasteiger partial charge in [0, 0.05) is 6.61 Å². The minimum atomic E-state index is -1.01. The van der Waals surface area contributed by atoms with E-state index in [1.54, 1.807) is 0 Å². The lowest BCUT2D eigenvalue weighted by Gasteiger charge is -2.23. The Labute approximate surface area is 165 Å². The van der Waals surface area contributed by atoms with E-state index in [9.17, 15) is 10.2 Å². The Morgan fingerprint density at radius 3 is 2.19 bits per heavy atom. The zero-order valence-corrected chi connectivity index (χ0v) is 17.2. The monoisotopic (exact) mass is 386 g/mol. The Morgan fingerprint density at radius 2 is 1.56 bits per heavy atom. The van der Waals surface area contributed by atoms with Gasteiger partial charge in [-0.05, 0) is 32.1 Å². The van der Waals surface area contributed by atoms with E-state index in [0.717, 1.165) is 19.3 Å². The average Bonchev–Trinajstić information content (AvgIpc) is 3.04. The summed E-state index contributed by atoms with van der Waals surface area (Å²) >= 11 is 0. The summed E-state index contributed by atoms with van der Waals surface area (Å²) in [6, 6.07) is 0. The van der Waals surface area contributed by atoms with Gasteiger partial charge in [-0.3, -0.25) is 0 Å². The lowest BCUT2D eigenvalue weighted by molar-refractivity contribution is -0.0937. The van der Waals surface area contributed by atoms with Crippen LogP contribution in [0.4, 0.5) is 0 Å². The topological polar surface area (TPSA) is 79.2 Å². The summed E-state index contributed by atoms with van der Waals surface area (Å²) in [5.74, 6) is 0. The molecule has 0 amide bonds. The first kappa shape index (κ1) is 24.6. The fourth-order valence-corrected chi connectivity index (χ4v) is 3.47. The van der Waals surface area contributed by atoms with Crippen LogP contribution in [-0.2, 0) is 9.47 Å². The van der Waals surface area contributed by atoms with Gasteiger partial charge < -0.3 is 24.8 Å². The number of aliphatic hydroxyl groups is 3. The summed E-state index contributed by atoms with van der Waals surface area (Å²) in [7, 11) is 0. The summed E-state index contributed by atoms with van der Waals surface area (Å²) in [6.45, 7) is 2.55. The minimum absolute atomic E-state index is 0.147. The highest BCUT2D eigenvalue weighted by Crippen LogP contribution is 2.21. The standard InChI is InChI=1S/C22H42O5/c1-2-3-4-5-6-7-8-9-10-11-12-13-14-15-16-26-22-20(25)18-27-21(22)19(24)17-23/h11-12,19-25H,2-10,13-18H2,1H3/b12-11+/t19-,20+,21+,22+/m0/s1. The SMILES string of the molecule is CCCCCCCCCC/C=C/CCCCO[C@H]1[C@@H]([C@@H](O)CO)OC[C@H]1O. The lowest BCUT2D eigenvalue weighted by Crippen LogP contribution is -2.42.